The normalized spacial score (nSPS) is 45.6. The molecule has 2 unspecified atom stereocenters. The Labute approximate surface area is 92.9 Å². The molecule has 2 fully saturated rings. The Balaban J connectivity index is 2.29. The summed E-state index contributed by atoms with van der Waals surface area (Å²) in [6.45, 7) is 2.05. The number of hydrogen-bond donors (Lipinski definition) is 3. The molecule has 4 atom stereocenters. The van der Waals surface area contributed by atoms with Gasteiger partial charge in [0.1, 0.15) is 17.4 Å². The number of carbonyl (C=O) groups is 1. The van der Waals surface area contributed by atoms with E-state index in [-0.39, 0.29) is 18.4 Å². The summed E-state index contributed by atoms with van der Waals surface area (Å²) in [5.74, 6) is -0.0876. The number of rotatable bonds is 3. The molecule has 4 N–H and O–H groups in total. The molecule has 2 aliphatic heterocycles. The molecular formula is C9H15ClN2O3. The SMILES string of the molecule is C[C@@]12OCC1([C@H](N)O)NC(=O)C2CCCl. The van der Waals surface area contributed by atoms with Gasteiger partial charge >= 0.3 is 0 Å². The van der Waals surface area contributed by atoms with Crippen molar-refractivity contribution in [2.45, 2.75) is 30.7 Å². The maximum atomic E-state index is 11.7. The molecule has 2 rings (SSSR count). The van der Waals surface area contributed by atoms with Crippen LogP contribution in [-0.2, 0) is 9.53 Å². The molecule has 1 amide bonds. The van der Waals surface area contributed by atoms with Crippen LogP contribution in [0.1, 0.15) is 13.3 Å². The fourth-order valence-electron chi connectivity index (χ4n) is 2.55. The Kier molecular flexibility index (Phi) is 2.46. The molecule has 2 aliphatic rings. The number of carbonyl (C=O) groups excluding carboxylic acids is 1. The first-order valence-electron chi connectivity index (χ1n) is 4.93. The lowest BCUT2D eigenvalue weighted by molar-refractivity contribution is -0.247. The molecule has 5 nitrogen and oxygen atoms in total. The predicted octanol–water partition coefficient (Wildman–Crippen LogP) is -0.834. The lowest BCUT2D eigenvalue weighted by atomic mass is 9.70. The fraction of sp³-hybridized carbons (Fsp3) is 0.889. The molecule has 15 heavy (non-hydrogen) atoms. The van der Waals surface area contributed by atoms with E-state index in [0.29, 0.717) is 12.3 Å². The number of aliphatic hydroxyl groups excluding tert-OH is 1. The molecule has 2 heterocycles. The van der Waals surface area contributed by atoms with Crippen LogP contribution in [0, 0.1) is 5.92 Å². The van der Waals surface area contributed by atoms with Gasteiger partial charge in [-0.25, -0.2) is 0 Å². The van der Waals surface area contributed by atoms with Crippen LogP contribution in [0.2, 0.25) is 0 Å². The zero-order valence-corrected chi connectivity index (χ0v) is 9.25. The molecule has 0 radical (unpaired) electrons. The number of hydrogen-bond acceptors (Lipinski definition) is 4. The van der Waals surface area contributed by atoms with Crippen molar-refractivity contribution in [2.24, 2.45) is 11.7 Å². The second-order valence-electron chi connectivity index (χ2n) is 4.33. The number of amides is 1. The van der Waals surface area contributed by atoms with E-state index in [1.54, 1.807) is 6.92 Å². The number of nitrogens with two attached hydrogens (primary N) is 1. The van der Waals surface area contributed by atoms with Gasteiger partial charge in [-0.15, -0.1) is 11.6 Å². The summed E-state index contributed by atoms with van der Waals surface area (Å²) in [5, 5.41) is 12.3. The highest BCUT2D eigenvalue weighted by molar-refractivity contribution is 6.18. The van der Waals surface area contributed by atoms with Gasteiger partial charge in [0, 0.05) is 5.88 Å². The molecule has 0 saturated carbocycles. The predicted molar refractivity (Wildman–Crippen MR) is 54.3 cm³/mol. The number of fused-ring (bicyclic) bond motifs is 1. The van der Waals surface area contributed by atoms with Crippen molar-refractivity contribution in [2.75, 3.05) is 12.5 Å². The minimum atomic E-state index is -1.11. The average molecular weight is 235 g/mol. The van der Waals surface area contributed by atoms with Crippen LogP contribution < -0.4 is 11.1 Å². The van der Waals surface area contributed by atoms with Gasteiger partial charge in [-0.1, -0.05) is 0 Å². The number of aliphatic hydroxyl groups is 1. The van der Waals surface area contributed by atoms with Crippen LogP contribution in [-0.4, -0.2) is 40.9 Å². The van der Waals surface area contributed by atoms with Crippen molar-refractivity contribution >= 4 is 17.5 Å². The van der Waals surface area contributed by atoms with Gasteiger partial charge in [-0.05, 0) is 13.3 Å². The van der Waals surface area contributed by atoms with Gasteiger partial charge in [0.05, 0.1) is 12.5 Å². The molecule has 2 saturated heterocycles. The van der Waals surface area contributed by atoms with E-state index >= 15 is 0 Å². The number of alkyl halides is 1. The summed E-state index contributed by atoms with van der Waals surface area (Å²) in [5.41, 5.74) is 3.95. The van der Waals surface area contributed by atoms with Gasteiger partial charge in [0.2, 0.25) is 5.91 Å². The highest BCUT2D eigenvalue weighted by atomic mass is 35.5. The van der Waals surface area contributed by atoms with Crippen LogP contribution in [0.5, 0.6) is 0 Å². The van der Waals surface area contributed by atoms with E-state index in [1.807, 2.05) is 0 Å². The Morgan fingerprint density at radius 3 is 2.87 bits per heavy atom. The lowest BCUT2D eigenvalue weighted by Crippen LogP contribution is -2.77. The van der Waals surface area contributed by atoms with Crippen molar-refractivity contribution in [3.63, 3.8) is 0 Å². The van der Waals surface area contributed by atoms with Gasteiger partial charge in [-0.2, -0.15) is 0 Å². The number of halogens is 1. The number of nitrogens with one attached hydrogen (secondary N) is 1. The Bertz CT molecular complexity index is 299. The van der Waals surface area contributed by atoms with E-state index in [0.717, 1.165) is 0 Å². The van der Waals surface area contributed by atoms with E-state index in [2.05, 4.69) is 5.32 Å². The standard InChI is InChI=1S/C9H15ClN2O3/c1-8-5(2-3-10)6(13)12-9(8,4-15-8)7(11)14/h5,7,14H,2-4,11H2,1H3,(H,12,13)/t5?,7-,8+,9?/m1/s1. The largest absolute Gasteiger partial charge is 0.376 e. The van der Waals surface area contributed by atoms with E-state index in [1.165, 1.54) is 0 Å². The maximum Gasteiger partial charge on any atom is 0.226 e. The summed E-state index contributed by atoms with van der Waals surface area (Å²) in [6, 6.07) is 0. The highest BCUT2D eigenvalue weighted by Crippen LogP contribution is 2.49. The first-order chi connectivity index (χ1) is 6.98. The summed E-state index contributed by atoms with van der Waals surface area (Å²) < 4.78 is 5.46. The molecule has 0 aliphatic carbocycles. The fourth-order valence-corrected chi connectivity index (χ4v) is 2.77. The maximum absolute atomic E-state index is 11.7. The monoisotopic (exact) mass is 234 g/mol. The third-order valence-corrected chi connectivity index (χ3v) is 3.93. The van der Waals surface area contributed by atoms with E-state index in [9.17, 15) is 9.90 Å². The highest BCUT2D eigenvalue weighted by Gasteiger charge is 2.71. The van der Waals surface area contributed by atoms with Crippen molar-refractivity contribution < 1.29 is 14.6 Å². The van der Waals surface area contributed by atoms with Gasteiger partial charge in [0.15, 0.2) is 0 Å². The quantitative estimate of drug-likeness (QED) is 0.440. The molecule has 6 heteroatoms. The molecule has 0 aromatic carbocycles. The van der Waals surface area contributed by atoms with Crippen molar-refractivity contribution in [3.8, 4) is 0 Å². The van der Waals surface area contributed by atoms with Crippen molar-refractivity contribution in [1.29, 1.82) is 0 Å². The average Bonchev–Trinajstić information content (AvgIpc) is 2.30. The smallest absolute Gasteiger partial charge is 0.226 e. The van der Waals surface area contributed by atoms with Crippen molar-refractivity contribution in [1.82, 2.24) is 5.32 Å². The van der Waals surface area contributed by atoms with E-state index in [4.69, 9.17) is 22.1 Å². The van der Waals surface area contributed by atoms with Crippen molar-refractivity contribution in [3.05, 3.63) is 0 Å². The van der Waals surface area contributed by atoms with Crippen LogP contribution in [0.25, 0.3) is 0 Å². The second kappa shape index (κ2) is 3.31. The lowest BCUT2D eigenvalue weighted by Gasteiger charge is -2.54. The summed E-state index contributed by atoms with van der Waals surface area (Å²) >= 11 is 5.64. The molecule has 86 valence electrons. The summed E-state index contributed by atoms with van der Waals surface area (Å²) in [4.78, 5) is 11.7. The molecule has 0 aromatic rings. The zero-order chi connectivity index (χ0) is 11.3. The Hall–Kier alpha value is -0.360. The van der Waals surface area contributed by atoms with E-state index < -0.39 is 17.4 Å². The Morgan fingerprint density at radius 2 is 2.53 bits per heavy atom. The molecular weight excluding hydrogens is 220 g/mol. The summed E-state index contributed by atoms with van der Waals surface area (Å²) in [6.07, 6.45) is -0.584. The minimum absolute atomic E-state index is 0.139. The molecule has 0 spiro atoms. The Morgan fingerprint density at radius 1 is 1.87 bits per heavy atom. The third-order valence-electron chi connectivity index (χ3n) is 3.72. The van der Waals surface area contributed by atoms with Gasteiger partial charge in [-0.3, -0.25) is 4.79 Å². The molecule has 0 aromatic heterocycles. The van der Waals surface area contributed by atoms with Crippen LogP contribution in [0.15, 0.2) is 0 Å². The van der Waals surface area contributed by atoms with Gasteiger partial charge in [0.25, 0.3) is 0 Å². The topological polar surface area (TPSA) is 84.6 Å². The van der Waals surface area contributed by atoms with Crippen LogP contribution >= 0.6 is 11.6 Å². The first-order valence-corrected chi connectivity index (χ1v) is 5.47. The number of ether oxygens (including phenoxy) is 1. The molecule has 0 bridgehead atoms. The van der Waals surface area contributed by atoms with Gasteiger partial charge < -0.3 is 20.9 Å². The first kappa shape index (κ1) is 11.1. The second-order valence-corrected chi connectivity index (χ2v) is 4.71. The third kappa shape index (κ3) is 1.18. The summed E-state index contributed by atoms with van der Waals surface area (Å²) in [7, 11) is 0. The van der Waals surface area contributed by atoms with Crippen LogP contribution in [0.4, 0.5) is 0 Å². The zero-order valence-electron chi connectivity index (χ0n) is 8.50. The van der Waals surface area contributed by atoms with Crippen LogP contribution in [0.3, 0.4) is 0 Å². The minimum Gasteiger partial charge on any atom is -0.376 e.